The van der Waals surface area contributed by atoms with E-state index in [9.17, 15) is 4.79 Å². The Hall–Kier alpha value is -2.11. The van der Waals surface area contributed by atoms with Crippen LogP contribution in [0.3, 0.4) is 0 Å². The Kier molecular flexibility index (Phi) is 3.69. The SMILES string of the molecule is CCN(Cc1ccncc1)C(=O)C1(/C(N)=N/O)CC1. The lowest BCUT2D eigenvalue weighted by molar-refractivity contribution is -0.135. The molecule has 19 heavy (non-hydrogen) atoms. The first kappa shape index (κ1) is 13.3. The van der Waals surface area contributed by atoms with Crippen molar-refractivity contribution in [1.82, 2.24) is 9.88 Å². The molecule has 0 saturated heterocycles. The van der Waals surface area contributed by atoms with Crippen molar-refractivity contribution in [3.63, 3.8) is 0 Å². The molecule has 0 unspecified atom stereocenters. The normalized spacial score (nSPS) is 17.0. The van der Waals surface area contributed by atoms with Gasteiger partial charge in [-0.3, -0.25) is 9.78 Å². The van der Waals surface area contributed by atoms with E-state index in [-0.39, 0.29) is 11.7 Å². The molecule has 3 N–H and O–H groups in total. The van der Waals surface area contributed by atoms with Crippen LogP contribution in [-0.2, 0) is 11.3 Å². The minimum Gasteiger partial charge on any atom is -0.409 e. The Morgan fingerprint density at radius 2 is 2.16 bits per heavy atom. The average Bonchev–Trinajstić information content (AvgIpc) is 3.26. The molecule has 1 saturated carbocycles. The number of hydrogen-bond donors (Lipinski definition) is 2. The number of hydrogen-bond acceptors (Lipinski definition) is 4. The van der Waals surface area contributed by atoms with E-state index < -0.39 is 5.41 Å². The van der Waals surface area contributed by atoms with E-state index in [2.05, 4.69) is 10.1 Å². The average molecular weight is 262 g/mol. The summed E-state index contributed by atoms with van der Waals surface area (Å²) in [6.07, 6.45) is 4.69. The van der Waals surface area contributed by atoms with Gasteiger partial charge in [0.25, 0.3) is 0 Å². The van der Waals surface area contributed by atoms with Gasteiger partial charge in [0.15, 0.2) is 5.84 Å². The topological polar surface area (TPSA) is 91.8 Å². The Balaban J connectivity index is 2.13. The molecular weight excluding hydrogens is 244 g/mol. The molecule has 1 aromatic heterocycles. The molecule has 2 rings (SSSR count). The minimum absolute atomic E-state index is 0.0191. The van der Waals surface area contributed by atoms with Gasteiger partial charge in [-0.2, -0.15) is 0 Å². The molecule has 0 atom stereocenters. The summed E-state index contributed by atoms with van der Waals surface area (Å²) in [6, 6.07) is 3.75. The van der Waals surface area contributed by atoms with Crippen LogP contribution in [0.5, 0.6) is 0 Å². The Morgan fingerprint density at radius 3 is 2.63 bits per heavy atom. The van der Waals surface area contributed by atoms with Crippen LogP contribution in [0.4, 0.5) is 0 Å². The van der Waals surface area contributed by atoms with Crippen molar-refractivity contribution in [2.75, 3.05) is 6.54 Å². The number of rotatable bonds is 5. The second-order valence-corrected chi connectivity index (χ2v) is 4.74. The van der Waals surface area contributed by atoms with Gasteiger partial charge >= 0.3 is 0 Å². The molecule has 102 valence electrons. The van der Waals surface area contributed by atoms with Crippen LogP contribution in [0.15, 0.2) is 29.7 Å². The number of amidine groups is 1. The van der Waals surface area contributed by atoms with Crippen molar-refractivity contribution in [2.45, 2.75) is 26.3 Å². The molecule has 1 aromatic rings. The maximum atomic E-state index is 12.5. The minimum atomic E-state index is -0.780. The van der Waals surface area contributed by atoms with Gasteiger partial charge in [0, 0.05) is 25.5 Å². The maximum Gasteiger partial charge on any atom is 0.236 e. The highest BCUT2D eigenvalue weighted by atomic mass is 16.4. The molecule has 1 aliphatic rings. The lowest BCUT2D eigenvalue weighted by Crippen LogP contribution is -2.43. The first-order chi connectivity index (χ1) is 9.14. The molecule has 1 fully saturated rings. The first-order valence-corrected chi connectivity index (χ1v) is 6.30. The molecule has 1 amide bonds. The quantitative estimate of drug-likeness (QED) is 0.358. The Bertz CT molecular complexity index is 483. The van der Waals surface area contributed by atoms with Crippen molar-refractivity contribution < 1.29 is 10.0 Å². The summed E-state index contributed by atoms with van der Waals surface area (Å²) in [6.45, 7) is 3.02. The van der Waals surface area contributed by atoms with Crippen molar-refractivity contribution in [1.29, 1.82) is 0 Å². The number of aromatic nitrogens is 1. The molecule has 0 aliphatic heterocycles. The maximum absolute atomic E-state index is 12.5. The highest BCUT2D eigenvalue weighted by molar-refractivity contribution is 6.09. The molecule has 6 heteroatoms. The second kappa shape index (κ2) is 5.26. The van der Waals surface area contributed by atoms with E-state index in [0.717, 1.165) is 5.56 Å². The monoisotopic (exact) mass is 262 g/mol. The van der Waals surface area contributed by atoms with Crippen LogP contribution < -0.4 is 5.73 Å². The van der Waals surface area contributed by atoms with Crippen molar-refractivity contribution in [3.8, 4) is 0 Å². The molecular formula is C13H18N4O2. The second-order valence-electron chi connectivity index (χ2n) is 4.74. The molecule has 0 bridgehead atoms. The van der Waals surface area contributed by atoms with Crippen LogP contribution in [-0.4, -0.2) is 33.4 Å². The van der Waals surface area contributed by atoms with E-state index in [1.54, 1.807) is 17.3 Å². The van der Waals surface area contributed by atoms with Crippen LogP contribution in [0.25, 0.3) is 0 Å². The van der Waals surface area contributed by atoms with Crippen molar-refractivity contribution in [2.24, 2.45) is 16.3 Å². The van der Waals surface area contributed by atoms with E-state index in [1.807, 2.05) is 19.1 Å². The van der Waals surface area contributed by atoms with Gasteiger partial charge in [0.1, 0.15) is 5.41 Å². The van der Waals surface area contributed by atoms with Crippen molar-refractivity contribution >= 4 is 11.7 Å². The molecule has 6 nitrogen and oxygen atoms in total. The number of carbonyl (C=O) groups is 1. The largest absolute Gasteiger partial charge is 0.409 e. The smallest absolute Gasteiger partial charge is 0.236 e. The summed E-state index contributed by atoms with van der Waals surface area (Å²) in [5, 5.41) is 11.8. The first-order valence-electron chi connectivity index (χ1n) is 6.30. The highest BCUT2D eigenvalue weighted by Gasteiger charge is 2.55. The van der Waals surface area contributed by atoms with Crippen LogP contribution in [0.2, 0.25) is 0 Å². The molecule has 1 heterocycles. The van der Waals surface area contributed by atoms with Gasteiger partial charge in [0.2, 0.25) is 5.91 Å². The number of carbonyl (C=O) groups excluding carboxylic acids is 1. The fraction of sp³-hybridized carbons (Fsp3) is 0.462. The van der Waals surface area contributed by atoms with Gasteiger partial charge in [-0.05, 0) is 37.5 Å². The lowest BCUT2D eigenvalue weighted by atomic mass is 10.0. The molecule has 0 spiro atoms. The lowest BCUT2D eigenvalue weighted by Gasteiger charge is -2.25. The number of nitrogens with zero attached hydrogens (tertiary/aromatic N) is 3. The molecule has 0 aromatic carbocycles. The van der Waals surface area contributed by atoms with Crippen LogP contribution in [0, 0.1) is 5.41 Å². The van der Waals surface area contributed by atoms with Crippen molar-refractivity contribution in [3.05, 3.63) is 30.1 Å². The van der Waals surface area contributed by atoms with E-state index in [0.29, 0.717) is 25.9 Å². The van der Waals surface area contributed by atoms with Gasteiger partial charge < -0.3 is 15.8 Å². The van der Waals surface area contributed by atoms with Crippen LogP contribution >= 0.6 is 0 Å². The fourth-order valence-corrected chi connectivity index (χ4v) is 2.14. The molecule has 0 radical (unpaired) electrons. The van der Waals surface area contributed by atoms with E-state index in [4.69, 9.17) is 10.9 Å². The third-order valence-electron chi connectivity index (χ3n) is 3.55. The summed E-state index contributed by atoms with van der Waals surface area (Å²) in [5.41, 5.74) is 5.88. The van der Waals surface area contributed by atoms with E-state index in [1.165, 1.54) is 0 Å². The summed E-state index contributed by atoms with van der Waals surface area (Å²) in [4.78, 5) is 18.2. The van der Waals surface area contributed by atoms with Crippen LogP contribution in [0.1, 0.15) is 25.3 Å². The third kappa shape index (κ3) is 2.52. The van der Waals surface area contributed by atoms with Gasteiger partial charge in [0.05, 0.1) is 0 Å². The number of amides is 1. The summed E-state index contributed by atoms with van der Waals surface area (Å²) in [7, 11) is 0. The van der Waals surface area contributed by atoms with E-state index >= 15 is 0 Å². The fourth-order valence-electron chi connectivity index (χ4n) is 2.14. The van der Waals surface area contributed by atoms with Gasteiger partial charge in [-0.1, -0.05) is 5.16 Å². The van der Waals surface area contributed by atoms with Gasteiger partial charge in [-0.15, -0.1) is 0 Å². The molecule has 1 aliphatic carbocycles. The zero-order chi connectivity index (χ0) is 13.9. The summed E-state index contributed by atoms with van der Waals surface area (Å²) in [5.74, 6) is -0.0483. The Morgan fingerprint density at radius 1 is 1.53 bits per heavy atom. The standard InChI is InChI=1S/C13H18N4O2/c1-2-17(9-10-3-7-15-8-4-10)12(18)13(5-6-13)11(14)16-19/h3-4,7-8,19H,2,5-6,9H2,1H3,(H2,14,16). The van der Waals surface area contributed by atoms with Gasteiger partial charge in [-0.25, -0.2) is 0 Å². The predicted molar refractivity (Wildman–Crippen MR) is 70.4 cm³/mol. The summed E-state index contributed by atoms with van der Waals surface area (Å²) < 4.78 is 0. The highest BCUT2D eigenvalue weighted by Crippen LogP contribution is 2.47. The Labute approximate surface area is 111 Å². The predicted octanol–water partition coefficient (Wildman–Crippen LogP) is 0.957. The summed E-state index contributed by atoms with van der Waals surface area (Å²) >= 11 is 0. The number of nitrogens with two attached hydrogens (primary N) is 1. The zero-order valence-electron chi connectivity index (χ0n) is 10.9. The zero-order valence-corrected chi connectivity index (χ0v) is 10.9. The third-order valence-corrected chi connectivity index (χ3v) is 3.55. The number of oxime groups is 1. The number of pyridine rings is 1.